The van der Waals surface area contributed by atoms with E-state index >= 15 is 0 Å². The summed E-state index contributed by atoms with van der Waals surface area (Å²) in [5, 5.41) is 0.493. The predicted molar refractivity (Wildman–Crippen MR) is 63.8 cm³/mol. The summed E-state index contributed by atoms with van der Waals surface area (Å²) >= 11 is 5.85. The van der Waals surface area contributed by atoms with Gasteiger partial charge in [0.1, 0.15) is 17.3 Å². The van der Waals surface area contributed by atoms with E-state index in [4.69, 9.17) is 16.3 Å². The number of aromatic nitrogens is 2. The molecule has 0 amide bonds. The molecule has 0 spiro atoms. The molecule has 0 aromatic carbocycles. The van der Waals surface area contributed by atoms with Crippen molar-refractivity contribution in [2.24, 2.45) is 11.8 Å². The van der Waals surface area contributed by atoms with Crippen molar-refractivity contribution in [2.75, 3.05) is 31.7 Å². The molecule has 0 radical (unpaired) electrons. The van der Waals surface area contributed by atoms with Gasteiger partial charge < -0.3 is 9.64 Å². The monoisotopic (exact) mass is 241 g/mol. The molecule has 2 unspecified atom stereocenters. The zero-order valence-electron chi connectivity index (χ0n) is 9.56. The number of anilines is 1. The van der Waals surface area contributed by atoms with Gasteiger partial charge in [-0.2, -0.15) is 0 Å². The minimum atomic E-state index is 0.493. The van der Waals surface area contributed by atoms with Crippen LogP contribution >= 0.6 is 11.6 Å². The van der Waals surface area contributed by atoms with E-state index in [2.05, 4.69) is 21.8 Å². The molecule has 1 aliphatic rings. The molecule has 1 aromatic heterocycles. The van der Waals surface area contributed by atoms with Crippen LogP contribution in [0.4, 0.5) is 5.82 Å². The maximum absolute atomic E-state index is 5.85. The molecule has 0 N–H and O–H groups in total. The van der Waals surface area contributed by atoms with Gasteiger partial charge in [0, 0.05) is 32.2 Å². The van der Waals surface area contributed by atoms with Crippen LogP contribution in [0.25, 0.3) is 0 Å². The zero-order chi connectivity index (χ0) is 11.5. The fourth-order valence-corrected chi connectivity index (χ4v) is 2.29. The van der Waals surface area contributed by atoms with Gasteiger partial charge in [0.25, 0.3) is 0 Å². The molecule has 1 aliphatic heterocycles. The van der Waals surface area contributed by atoms with Crippen molar-refractivity contribution in [3.8, 4) is 0 Å². The molecule has 2 rings (SSSR count). The summed E-state index contributed by atoms with van der Waals surface area (Å²) in [7, 11) is 1.75. The topological polar surface area (TPSA) is 38.2 Å². The molecule has 1 saturated heterocycles. The molecule has 88 valence electrons. The van der Waals surface area contributed by atoms with Gasteiger partial charge in [0.05, 0.1) is 6.61 Å². The average Bonchev–Trinajstić information content (AvgIpc) is 2.61. The van der Waals surface area contributed by atoms with E-state index < -0.39 is 0 Å². The summed E-state index contributed by atoms with van der Waals surface area (Å²) in [4.78, 5) is 10.4. The summed E-state index contributed by atoms with van der Waals surface area (Å²) in [5.74, 6) is 2.10. The molecule has 2 heterocycles. The third-order valence-corrected chi connectivity index (χ3v) is 3.30. The van der Waals surface area contributed by atoms with Crippen molar-refractivity contribution in [2.45, 2.75) is 6.92 Å². The fraction of sp³-hybridized carbons (Fsp3) is 0.636. The highest BCUT2D eigenvalue weighted by Gasteiger charge is 2.30. The molecule has 0 bridgehead atoms. The third-order valence-electron chi connectivity index (χ3n) is 3.09. The Balaban J connectivity index is 2.07. The van der Waals surface area contributed by atoms with Gasteiger partial charge in [-0.3, -0.25) is 0 Å². The normalized spacial score (nSPS) is 25.1. The predicted octanol–water partition coefficient (Wildman–Crippen LogP) is 1.85. The van der Waals surface area contributed by atoms with Crippen LogP contribution in [0.5, 0.6) is 0 Å². The number of ether oxygens (including phenoxy) is 1. The molecule has 1 fully saturated rings. The van der Waals surface area contributed by atoms with E-state index in [0.29, 0.717) is 17.0 Å². The lowest BCUT2D eigenvalue weighted by Crippen LogP contribution is -2.21. The van der Waals surface area contributed by atoms with Gasteiger partial charge in [-0.1, -0.05) is 18.5 Å². The molecule has 0 aliphatic carbocycles. The largest absolute Gasteiger partial charge is 0.384 e. The van der Waals surface area contributed by atoms with E-state index in [1.54, 1.807) is 7.11 Å². The molecular formula is C11H16ClN3O. The smallest absolute Gasteiger partial charge is 0.134 e. The first-order valence-electron chi connectivity index (χ1n) is 5.42. The van der Waals surface area contributed by atoms with Gasteiger partial charge in [-0.25, -0.2) is 9.97 Å². The molecule has 5 heteroatoms. The molecule has 1 aromatic rings. The van der Waals surface area contributed by atoms with Gasteiger partial charge in [-0.15, -0.1) is 0 Å². The van der Waals surface area contributed by atoms with E-state index in [1.165, 1.54) is 6.33 Å². The van der Waals surface area contributed by atoms with E-state index in [9.17, 15) is 0 Å². The van der Waals surface area contributed by atoms with Crippen LogP contribution in [0.15, 0.2) is 12.4 Å². The number of halogens is 1. The highest BCUT2D eigenvalue weighted by atomic mass is 35.5. The summed E-state index contributed by atoms with van der Waals surface area (Å²) < 4.78 is 5.22. The Labute approximate surface area is 101 Å². The van der Waals surface area contributed by atoms with Gasteiger partial charge >= 0.3 is 0 Å². The van der Waals surface area contributed by atoms with Crippen molar-refractivity contribution in [1.82, 2.24) is 9.97 Å². The summed E-state index contributed by atoms with van der Waals surface area (Å²) in [6.07, 6.45) is 1.51. The van der Waals surface area contributed by atoms with Crippen LogP contribution in [0.2, 0.25) is 5.15 Å². The maximum atomic E-state index is 5.85. The zero-order valence-corrected chi connectivity index (χ0v) is 10.3. The second kappa shape index (κ2) is 4.97. The Morgan fingerprint density at radius 2 is 2.31 bits per heavy atom. The Bertz CT molecular complexity index is 361. The lowest BCUT2D eigenvalue weighted by Gasteiger charge is -2.16. The van der Waals surface area contributed by atoms with Crippen molar-refractivity contribution >= 4 is 17.4 Å². The van der Waals surface area contributed by atoms with Crippen molar-refractivity contribution in [3.05, 3.63) is 17.5 Å². The number of nitrogens with zero attached hydrogens (tertiary/aromatic N) is 3. The molecule has 4 nitrogen and oxygen atoms in total. The van der Waals surface area contributed by atoms with Crippen LogP contribution < -0.4 is 4.90 Å². The van der Waals surface area contributed by atoms with Gasteiger partial charge in [-0.05, 0) is 5.92 Å². The molecule has 16 heavy (non-hydrogen) atoms. The first-order valence-corrected chi connectivity index (χ1v) is 5.80. The summed E-state index contributed by atoms with van der Waals surface area (Å²) in [5.41, 5.74) is 0. The van der Waals surface area contributed by atoms with E-state index in [-0.39, 0.29) is 0 Å². The second-order valence-corrected chi connectivity index (χ2v) is 4.68. The molecule has 2 atom stereocenters. The lowest BCUT2D eigenvalue weighted by molar-refractivity contribution is 0.144. The van der Waals surface area contributed by atoms with Crippen LogP contribution in [-0.4, -0.2) is 36.8 Å². The fourth-order valence-electron chi connectivity index (χ4n) is 2.15. The Morgan fingerprint density at radius 3 is 3.00 bits per heavy atom. The Hall–Kier alpha value is -0.870. The average molecular weight is 242 g/mol. The SMILES string of the molecule is COCC1CN(c2cc(Cl)ncn2)CC1C. The Kier molecular flexibility index (Phi) is 3.61. The first-order chi connectivity index (χ1) is 7.70. The van der Waals surface area contributed by atoms with Crippen molar-refractivity contribution in [1.29, 1.82) is 0 Å². The minimum Gasteiger partial charge on any atom is -0.384 e. The minimum absolute atomic E-state index is 0.493. The van der Waals surface area contributed by atoms with E-state index in [1.807, 2.05) is 6.07 Å². The maximum Gasteiger partial charge on any atom is 0.134 e. The van der Waals surface area contributed by atoms with Crippen LogP contribution in [-0.2, 0) is 4.74 Å². The third kappa shape index (κ3) is 2.44. The van der Waals surface area contributed by atoms with Gasteiger partial charge in [0.2, 0.25) is 0 Å². The van der Waals surface area contributed by atoms with Crippen LogP contribution in [0.1, 0.15) is 6.92 Å². The lowest BCUT2D eigenvalue weighted by atomic mass is 10.00. The van der Waals surface area contributed by atoms with Crippen molar-refractivity contribution < 1.29 is 4.74 Å². The summed E-state index contributed by atoms with van der Waals surface area (Å²) in [6, 6.07) is 1.81. The summed E-state index contributed by atoms with van der Waals surface area (Å²) in [6.45, 7) is 5.02. The number of hydrogen-bond acceptors (Lipinski definition) is 4. The van der Waals surface area contributed by atoms with E-state index in [0.717, 1.165) is 25.5 Å². The standard InChI is InChI=1S/C11H16ClN3O/c1-8-4-15(5-9(8)6-16-2)11-3-10(12)13-7-14-11/h3,7-9H,4-6H2,1-2H3. The number of rotatable bonds is 3. The molecule has 0 saturated carbocycles. The Morgan fingerprint density at radius 1 is 1.50 bits per heavy atom. The quantitative estimate of drug-likeness (QED) is 0.757. The molecular weight excluding hydrogens is 226 g/mol. The van der Waals surface area contributed by atoms with Crippen LogP contribution in [0.3, 0.4) is 0 Å². The second-order valence-electron chi connectivity index (χ2n) is 4.30. The number of methoxy groups -OCH3 is 1. The van der Waals surface area contributed by atoms with Crippen molar-refractivity contribution in [3.63, 3.8) is 0 Å². The van der Waals surface area contributed by atoms with Gasteiger partial charge in [0.15, 0.2) is 0 Å². The highest BCUT2D eigenvalue weighted by molar-refractivity contribution is 6.29. The van der Waals surface area contributed by atoms with Crippen LogP contribution in [0, 0.1) is 11.8 Å². The first kappa shape index (κ1) is 11.6. The highest BCUT2D eigenvalue weighted by Crippen LogP contribution is 2.27. The number of hydrogen-bond donors (Lipinski definition) is 0.